The Kier molecular flexibility index (Phi) is 4.72. The number of rotatable bonds is 5. The van der Waals surface area contributed by atoms with Crippen LogP contribution in [0, 0.1) is 0 Å². The molecule has 0 saturated heterocycles. The average molecular weight is 371 g/mol. The molecule has 5 nitrogen and oxygen atoms in total. The standard InChI is InChI=1S/C23H17NO4/c25-21-19-12-11-18(23(27)28-15-17-9-5-2-6-10-17)13-20(19)22(26)24(21)14-16-7-3-1-4-8-16/h1-13H,14-15H2. The minimum absolute atomic E-state index is 0.143. The van der Waals surface area contributed by atoms with Crippen LogP contribution in [0.25, 0.3) is 0 Å². The maximum Gasteiger partial charge on any atom is 0.338 e. The Morgan fingerprint density at radius 3 is 2.04 bits per heavy atom. The minimum atomic E-state index is -0.534. The molecule has 1 aliphatic rings. The molecule has 3 aromatic carbocycles. The number of carbonyl (C=O) groups is 3. The lowest BCUT2D eigenvalue weighted by Crippen LogP contribution is -2.29. The number of nitrogens with zero attached hydrogens (tertiary/aromatic N) is 1. The van der Waals surface area contributed by atoms with Gasteiger partial charge in [-0.15, -0.1) is 0 Å². The van der Waals surface area contributed by atoms with Crippen molar-refractivity contribution in [3.63, 3.8) is 0 Å². The van der Waals surface area contributed by atoms with E-state index in [1.807, 2.05) is 60.7 Å². The van der Waals surface area contributed by atoms with Crippen molar-refractivity contribution in [2.45, 2.75) is 13.2 Å². The number of amides is 2. The van der Waals surface area contributed by atoms with Gasteiger partial charge in [0.1, 0.15) is 6.61 Å². The number of carbonyl (C=O) groups excluding carboxylic acids is 3. The molecular weight excluding hydrogens is 354 g/mol. The fourth-order valence-corrected chi connectivity index (χ4v) is 3.13. The summed E-state index contributed by atoms with van der Waals surface area (Å²) in [4.78, 5) is 38.9. The van der Waals surface area contributed by atoms with Crippen molar-refractivity contribution in [3.8, 4) is 0 Å². The SMILES string of the molecule is O=C(OCc1ccccc1)c1ccc2c(c1)C(=O)N(Cc1ccccc1)C2=O. The second kappa shape index (κ2) is 7.48. The van der Waals surface area contributed by atoms with E-state index in [1.54, 1.807) is 0 Å². The first kappa shape index (κ1) is 17.7. The lowest BCUT2D eigenvalue weighted by molar-refractivity contribution is 0.0472. The van der Waals surface area contributed by atoms with Gasteiger partial charge in [0.2, 0.25) is 0 Å². The van der Waals surface area contributed by atoms with Crippen molar-refractivity contribution in [2.24, 2.45) is 0 Å². The Labute approximate surface area is 162 Å². The number of hydrogen-bond donors (Lipinski definition) is 0. The van der Waals surface area contributed by atoms with E-state index < -0.39 is 11.9 Å². The van der Waals surface area contributed by atoms with Crippen molar-refractivity contribution >= 4 is 17.8 Å². The van der Waals surface area contributed by atoms with Gasteiger partial charge in [-0.05, 0) is 29.3 Å². The van der Waals surface area contributed by atoms with Gasteiger partial charge >= 0.3 is 5.97 Å². The van der Waals surface area contributed by atoms with Gasteiger partial charge in [-0.25, -0.2) is 4.79 Å². The van der Waals surface area contributed by atoms with E-state index in [0.717, 1.165) is 11.1 Å². The van der Waals surface area contributed by atoms with Crippen molar-refractivity contribution in [1.29, 1.82) is 0 Å². The largest absolute Gasteiger partial charge is 0.457 e. The quantitative estimate of drug-likeness (QED) is 0.505. The summed E-state index contributed by atoms with van der Waals surface area (Å²) in [6.45, 7) is 0.338. The van der Waals surface area contributed by atoms with Crippen molar-refractivity contribution < 1.29 is 19.1 Å². The van der Waals surface area contributed by atoms with Crippen molar-refractivity contribution in [1.82, 2.24) is 4.90 Å². The fraction of sp³-hybridized carbons (Fsp3) is 0.0870. The molecule has 1 heterocycles. The number of benzene rings is 3. The zero-order valence-electron chi connectivity index (χ0n) is 15.0. The molecule has 3 aromatic rings. The van der Waals surface area contributed by atoms with Crippen LogP contribution in [0.4, 0.5) is 0 Å². The van der Waals surface area contributed by atoms with Crippen molar-refractivity contribution in [3.05, 3.63) is 107 Å². The normalized spacial score (nSPS) is 12.8. The Bertz CT molecular complexity index is 1040. The van der Waals surface area contributed by atoms with Gasteiger partial charge in [0.15, 0.2) is 0 Å². The van der Waals surface area contributed by atoms with Crippen LogP contribution in [0.15, 0.2) is 78.9 Å². The number of esters is 1. The monoisotopic (exact) mass is 371 g/mol. The number of hydrogen-bond acceptors (Lipinski definition) is 4. The van der Waals surface area contributed by atoms with E-state index in [0.29, 0.717) is 5.56 Å². The van der Waals surface area contributed by atoms with Crippen LogP contribution in [-0.4, -0.2) is 22.7 Å². The third-order valence-electron chi connectivity index (χ3n) is 4.60. The molecule has 4 rings (SSSR count). The molecule has 1 aliphatic heterocycles. The maximum atomic E-state index is 12.7. The molecule has 0 aromatic heterocycles. The first-order chi connectivity index (χ1) is 13.6. The van der Waals surface area contributed by atoms with E-state index in [4.69, 9.17) is 4.74 Å². The Balaban J connectivity index is 1.51. The van der Waals surface area contributed by atoms with Crippen LogP contribution in [-0.2, 0) is 17.9 Å². The van der Waals surface area contributed by atoms with Gasteiger partial charge in [-0.2, -0.15) is 0 Å². The van der Waals surface area contributed by atoms with Crippen molar-refractivity contribution in [2.75, 3.05) is 0 Å². The average Bonchev–Trinajstić information content (AvgIpc) is 2.98. The molecule has 5 heteroatoms. The molecule has 138 valence electrons. The fourth-order valence-electron chi connectivity index (χ4n) is 3.13. The zero-order valence-corrected chi connectivity index (χ0v) is 15.0. The molecule has 2 amide bonds. The molecular formula is C23H17NO4. The van der Waals surface area contributed by atoms with E-state index in [2.05, 4.69) is 0 Å². The molecule has 0 aliphatic carbocycles. The van der Waals surface area contributed by atoms with Crippen LogP contribution in [0.1, 0.15) is 42.2 Å². The molecule has 0 unspecified atom stereocenters. The number of ether oxygens (including phenoxy) is 1. The molecule has 0 N–H and O–H groups in total. The summed E-state index contributed by atoms with van der Waals surface area (Å²) >= 11 is 0. The predicted molar refractivity (Wildman–Crippen MR) is 103 cm³/mol. The summed E-state index contributed by atoms with van der Waals surface area (Å²) in [5, 5.41) is 0. The summed E-state index contributed by atoms with van der Waals surface area (Å²) in [5.74, 6) is -1.29. The first-order valence-corrected chi connectivity index (χ1v) is 8.89. The summed E-state index contributed by atoms with van der Waals surface area (Å²) in [6.07, 6.45) is 0. The van der Waals surface area contributed by atoms with E-state index >= 15 is 0 Å². The lowest BCUT2D eigenvalue weighted by atomic mass is 10.1. The summed E-state index contributed by atoms with van der Waals surface area (Å²) in [5.41, 5.74) is 2.52. The third-order valence-corrected chi connectivity index (χ3v) is 4.60. The van der Waals surface area contributed by atoms with Crippen LogP contribution < -0.4 is 0 Å². The van der Waals surface area contributed by atoms with Gasteiger partial charge in [0.25, 0.3) is 11.8 Å². The highest BCUT2D eigenvalue weighted by Gasteiger charge is 2.36. The Hall–Kier alpha value is -3.73. The van der Waals surface area contributed by atoms with Gasteiger partial charge in [-0.1, -0.05) is 60.7 Å². The molecule has 0 saturated carbocycles. The summed E-state index contributed by atoms with van der Waals surface area (Å²) in [6, 6.07) is 23.1. The Morgan fingerprint density at radius 2 is 1.36 bits per heavy atom. The molecule has 28 heavy (non-hydrogen) atoms. The second-order valence-electron chi connectivity index (χ2n) is 6.50. The van der Waals surface area contributed by atoms with E-state index in [9.17, 15) is 14.4 Å². The van der Waals surface area contributed by atoms with Gasteiger partial charge < -0.3 is 4.74 Å². The zero-order chi connectivity index (χ0) is 19.5. The molecule has 0 spiro atoms. The predicted octanol–water partition coefficient (Wildman–Crippen LogP) is 3.84. The lowest BCUT2D eigenvalue weighted by Gasteiger charge is -2.13. The molecule has 0 fully saturated rings. The molecule has 0 bridgehead atoms. The second-order valence-corrected chi connectivity index (χ2v) is 6.50. The highest BCUT2D eigenvalue weighted by molar-refractivity contribution is 6.21. The molecule has 0 radical (unpaired) electrons. The van der Waals surface area contributed by atoms with E-state index in [1.165, 1.54) is 23.1 Å². The third kappa shape index (κ3) is 3.42. The highest BCUT2D eigenvalue weighted by atomic mass is 16.5. The van der Waals surface area contributed by atoms with Gasteiger partial charge in [-0.3, -0.25) is 14.5 Å². The van der Waals surface area contributed by atoms with Crippen LogP contribution in [0.3, 0.4) is 0 Å². The van der Waals surface area contributed by atoms with Crippen LogP contribution in [0.2, 0.25) is 0 Å². The maximum absolute atomic E-state index is 12.7. The van der Waals surface area contributed by atoms with Crippen LogP contribution in [0.5, 0.6) is 0 Å². The van der Waals surface area contributed by atoms with Gasteiger partial charge in [0, 0.05) is 0 Å². The molecule has 0 atom stereocenters. The minimum Gasteiger partial charge on any atom is -0.457 e. The first-order valence-electron chi connectivity index (χ1n) is 8.89. The van der Waals surface area contributed by atoms with E-state index in [-0.39, 0.29) is 30.2 Å². The van der Waals surface area contributed by atoms with Gasteiger partial charge in [0.05, 0.1) is 23.2 Å². The Morgan fingerprint density at radius 1 is 0.750 bits per heavy atom. The number of fused-ring (bicyclic) bond motifs is 1. The highest BCUT2D eigenvalue weighted by Crippen LogP contribution is 2.26. The summed E-state index contributed by atoms with van der Waals surface area (Å²) in [7, 11) is 0. The smallest absolute Gasteiger partial charge is 0.338 e. The number of imide groups is 1. The summed E-state index contributed by atoms with van der Waals surface area (Å²) < 4.78 is 5.31. The van der Waals surface area contributed by atoms with Crippen LogP contribution >= 0.6 is 0 Å². The topological polar surface area (TPSA) is 63.7 Å².